The molecule has 2 aromatic rings. The summed E-state index contributed by atoms with van der Waals surface area (Å²) in [5, 5.41) is 3.48. The molecule has 1 N–H and O–H groups in total. The lowest BCUT2D eigenvalue weighted by molar-refractivity contribution is -0.140. The fraction of sp³-hybridized carbons (Fsp3) is 0.462. The number of benzene rings is 2. The van der Waals surface area contributed by atoms with Gasteiger partial charge in [0.05, 0.1) is 11.9 Å². The molecule has 0 heterocycles. The second kappa shape index (κ2) is 13.5. The summed E-state index contributed by atoms with van der Waals surface area (Å²) < 4.78 is 26.1. The molecule has 2 rings (SSSR count). The van der Waals surface area contributed by atoms with Crippen molar-refractivity contribution in [2.24, 2.45) is 0 Å². The van der Waals surface area contributed by atoms with Gasteiger partial charge in [-0.2, -0.15) is 0 Å². The first kappa shape index (κ1) is 28.7. The standard InChI is InChI=1S/C26H36ClN3O4S/c1-5-6-17-28-26(32)21(3)29(19-22-11-13-23(27)14-12-22)25(31)8-7-18-30(35(4,33)34)24-15-9-20(2)10-16-24/h9-16,21H,5-8,17-19H2,1-4H3,(H,28,32)/t21-/m1/s1. The number of halogens is 1. The van der Waals surface area contributed by atoms with Crippen molar-refractivity contribution < 1.29 is 18.0 Å². The quantitative estimate of drug-likeness (QED) is 0.392. The largest absolute Gasteiger partial charge is 0.354 e. The average Bonchev–Trinajstić information content (AvgIpc) is 2.81. The molecule has 0 unspecified atom stereocenters. The first-order valence-corrected chi connectivity index (χ1v) is 14.1. The molecule has 0 radical (unpaired) electrons. The van der Waals surface area contributed by atoms with Gasteiger partial charge in [-0.25, -0.2) is 8.42 Å². The Morgan fingerprint density at radius 1 is 1.03 bits per heavy atom. The zero-order valence-corrected chi connectivity index (χ0v) is 22.5. The third-order valence-electron chi connectivity index (χ3n) is 5.74. The van der Waals surface area contributed by atoms with Crippen LogP contribution in [0.3, 0.4) is 0 Å². The minimum Gasteiger partial charge on any atom is -0.354 e. The molecule has 1 atom stereocenters. The van der Waals surface area contributed by atoms with E-state index in [1.807, 2.05) is 38.1 Å². The van der Waals surface area contributed by atoms with Crippen LogP contribution in [0.4, 0.5) is 5.69 Å². The molecule has 0 spiro atoms. The van der Waals surface area contributed by atoms with Crippen LogP contribution >= 0.6 is 11.6 Å². The predicted molar refractivity (Wildman–Crippen MR) is 142 cm³/mol. The van der Waals surface area contributed by atoms with E-state index in [2.05, 4.69) is 5.32 Å². The van der Waals surface area contributed by atoms with Crippen molar-refractivity contribution in [3.63, 3.8) is 0 Å². The second-order valence-corrected chi connectivity index (χ2v) is 11.1. The van der Waals surface area contributed by atoms with E-state index in [1.54, 1.807) is 36.1 Å². The lowest BCUT2D eigenvalue weighted by atomic mass is 10.1. The SMILES string of the molecule is CCCCNC(=O)[C@@H](C)N(Cc1ccc(Cl)cc1)C(=O)CCCN(c1ccc(C)cc1)S(C)(=O)=O. The van der Waals surface area contributed by atoms with Crippen molar-refractivity contribution in [1.29, 1.82) is 0 Å². The minimum atomic E-state index is -3.51. The summed E-state index contributed by atoms with van der Waals surface area (Å²) in [7, 11) is -3.51. The first-order chi connectivity index (χ1) is 16.5. The normalized spacial score (nSPS) is 12.1. The number of unbranched alkanes of at least 4 members (excludes halogenated alkanes) is 1. The van der Waals surface area contributed by atoms with Gasteiger partial charge in [-0.05, 0) is 56.5 Å². The first-order valence-electron chi connectivity index (χ1n) is 11.9. The number of carbonyl (C=O) groups is 2. The zero-order chi connectivity index (χ0) is 26.0. The molecule has 0 aliphatic carbocycles. The molecular formula is C26H36ClN3O4S. The van der Waals surface area contributed by atoms with E-state index in [0.29, 0.717) is 23.7 Å². The number of anilines is 1. The number of carbonyl (C=O) groups excluding carboxylic acids is 2. The van der Waals surface area contributed by atoms with Crippen molar-refractivity contribution in [2.45, 2.75) is 59.0 Å². The maximum atomic E-state index is 13.3. The second-order valence-electron chi connectivity index (χ2n) is 8.74. The van der Waals surface area contributed by atoms with Crippen LogP contribution in [0.5, 0.6) is 0 Å². The molecule has 35 heavy (non-hydrogen) atoms. The molecule has 2 amide bonds. The highest BCUT2D eigenvalue weighted by molar-refractivity contribution is 7.92. The Kier molecular flexibility index (Phi) is 11.0. The van der Waals surface area contributed by atoms with E-state index in [-0.39, 0.29) is 31.3 Å². The van der Waals surface area contributed by atoms with Gasteiger partial charge >= 0.3 is 0 Å². The van der Waals surface area contributed by atoms with Crippen LogP contribution in [0.15, 0.2) is 48.5 Å². The fourth-order valence-corrected chi connectivity index (χ4v) is 4.71. The minimum absolute atomic E-state index is 0.109. The van der Waals surface area contributed by atoms with E-state index < -0.39 is 16.1 Å². The Hall–Kier alpha value is -2.58. The van der Waals surface area contributed by atoms with Gasteiger partial charge in [0.15, 0.2) is 0 Å². The van der Waals surface area contributed by atoms with Crippen molar-refractivity contribution >= 4 is 39.1 Å². The number of aryl methyl sites for hydroxylation is 1. The molecule has 7 nitrogen and oxygen atoms in total. The molecule has 192 valence electrons. The van der Waals surface area contributed by atoms with Crippen LogP contribution in [0, 0.1) is 6.92 Å². The summed E-state index contributed by atoms with van der Waals surface area (Å²) in [6, 6.07) is 13.7. The third kappa shape index (κ3) is 9.18. The topological polar surface area (TPSA) is 86.8 Å². The number of hydrogen-bond donors (Lipinski definition) is 1. The van der Waals surface area contributed by atoms with Crippen molar-refractivity contribution in [1.82, 2.24) is 10.2 Å². The summed E-state index contributed by atoms with van der Waals surface area (Å²) in [4.78, 5) is 27.5. The Morgan fingerprint density at radius 2 is 1.66 bits per heavy atom. The molecule has 0 fully saturated rings. The number of sulfonamides is 1. The van der Waals surface area contributed by atoms with E-state index >= 15 is 0 Å². The Balaban J connectivity index is 2.12. The summed E-state index contributed by atoms with van der Waals surface area (Å²) in [6.07, 6.45) is 3.41. The van der Waals surface area contributed by atoms with Crippen LogP contribution in [0.2, 0.25) is 5.02 Å². The van der Waals surface area contributed by atoms with Gasteiger partial charge in [0.2, 0.25) is 21.8 Å². The molecular weight excluding hydrogens is 486 g/mol. The number of amides is 2. The number of nitrogens with one attached hydrogen (secondary N) is 1. The zero-order valence-electron chi connectivity index (χ0n) is 21.0. The average molecular weight is 522 g/mol. The van der Waals surface area contributed by atoms with Crippen LogP contribution in [-0.4, -0.2) is 50.5 Å². The third-order valence-corrected chi connectivity index (χ3v) is 7.18. The van der Waals surface area contributed by atoms with Crippen LogP contribution < -0.4 is 9.62 Å². The van der Waals surface area contributed by atoms with Crippen LogP contribution in [0.1, 0.15) is 50.7 Å². The van der Waals surface area contributed by atoms with Gasteiger partial charge in [0.25, 0.3) is 0 Å². The van der Waals surface area contributed by atoms with Crippen molar-refractivity contribution in [3.05, 3.63) is 64.7 Å². The van der Waals surface area contributed by atoms with Gasteiger partial charge in [0.1, 0.15) is 6.04 Å². The Morgan fingerprint density at radius 3 is 2.23 bits per heavy atom. The molecule has 0 saturated carbocycles. The lowest BCUT2D eigenvalue weighted by Gasteiger charge is -2.29. The number of hydrogen-bond acceptors (Lipinski definition) is 4. The monoisotopic (exact) mass is 521 g/mol. The molecule has 0 bridgehead atoms. The van der Waals surface area contributed by atoms with E-state index in [9.17, 15) is 18.0 Å². The summed E-state index contributed by atoms with van der Waals surface area (Å²) in [5.41, 5.74) is 2.45. The Bertz CT molecular complexity index is 1070. The van der Waals surface area contributed by atoms with Crippen LogP contribution in [0.25, 0.3) is 0 Å². The van der Waals surface area contributed by atoms with Crippen molar-refractivity contribution in [2.75, 3.05) is 23.7 Å². The smallest absolute Gasteiger partial charge is 0.242 e. The molecule has 0 aliphatic heterocycles. The lowest BCUT2D eigenvalue weighted by Crippen LogP contribution is -2.47. The molecule has 2 aromatic carbocycles. The molecule has 0 aliphatic rings. The Labute approximate surface area is 214 Å². The number of nitrogens with zero attached hydrogens (tertiary/aromatic N) is 2. The molecule has 0 aromatic heterocycles. The summed E-state index contributed by atoms with van der Waals surface area (Å²) >= 11 is 5.99. The van der Waals surface area contributed by atoms with E-state index in [1.165, 1.54) is 4.31 Å². The van der Waals surface area contributed by atoms with Gasteiger partial charge < -0.3 is 10.2 Å². The highest BCUT2D eigenvalue weighted by Gasteiger charge is 2.26. The maximum absolute atomic E-state index is 13.3. The highest BCUT2D eigenvalue weighted by Crippen LogP contribution is 2.20. The molecule has 9 heteroatoms. The highest BCUT2D eigenvalue weighted by atomic mass is 35.5. The van der Waals surface area contributed by atoms with E-state index in [0.717, 1.165) is 30.2 Å². The van der Waals surface area contributed by atoms with Crippen molar-refractivity contribution in [3.8, 4) is 0 Å². The van der Waals surface area contributed by atoms with Gasteiger partial charge in [-0.3, -0.25) is 13.9 Å². The van der Waals surface area contributed by atoms with Gasteiger partial charge in [-0.1, -0.05) is 54.8 Å². The summed E-state index contributed by atoms with van der Waals surface area (Å²) in [5.74, 6) is -0.423. The van der Waals surface area contributed by atoms with Gasteiger partial charge in [-0.15, -0.1) is 0 Å². The molecule has 0 saturated heterocycles. The van der Waals surface area contributed by atoms with E-state index in [4.69, 9.17) is 11.6 Å². The number of rotatable bonds is 13. The summed E-state index contributed by atoms with van der Waals surface area (Å²) in [6.45, 7) is 6.67. The van der Waals surface area contributed by atoms with Gasteiger partial charge in [0, 0.05) is 31.1 Å². The van der Waals surface area contributed by atoms with Crippen LogP contribution in [-0.2, 0) is 26.2 Å². The maximum Gasteiger partial charge on any atom is 0.242 e. The predicted octanol–water partition coefficient (Wildman–Crippen LogP) is 4.53. The fourth-order valence-electron chi connectivity index (χ4n) is 3.62.